The molecule has 1 amide bonds. The molecule has 144 valence electrons. The van der Waals surface area contributed by atoms with E-state index in [0.717, 1.165) is 5.56 Å². The van der Waals surface area contributed by atoms with Crippen molar-refractivity contribution in [3.8, 4) is 17.2 Å². The lowest BCUT2D eigenvalue weighted by molar-refractivity contribution is -0.153. The minimum atomic E-state index is -0.866. The number of methoxy groups -OCH3 is 3. The highest BCUT2D eigenvalue weighted by Crippen LogP contribution is 2.40. The van der Waals surface area contributed by atoms with Crippen molar-refractivity contribution in [2.24, 2.45) is 5.41 Å². The van der Waals surface area contributed by atoms with E-state index in [9.17, 15) is 14.7 Å². The number of amides is 1. The number of nitrogens with zero attached hydrogens (tertiary/aromatic N) is 1. The fourth-order valence-electron chi connectivity index (χ4n) is 3.39. The Morgan fingerprint density at radius 2 is 1.85 bits per heavy atom. The second-order valence-corrected chi connectivity index (χ2v) is 6.78. The Morgan fingerprint density at radius 3 is 2.42 bits per heavy atom. The van der Waals surface area contributed by atoms with Crippen LogP contribution in [0.4, 0.5) is 0 Å². The van der Waals surface area contributed by atoms with Crippen LogP contribution in [-0.4, -0.2) is 56.3 Å². The molecule has 1 aliphatic rings. The van der Waals surface area contributed by atoms with Gasteiger partial charge in [0.15, 0.2) is 11.5 Å². The second kappa shape index (κ2) is 8.29. The molecule has 7 heteroatoms. The molecule has 1 atom stereocenters. The fourth-order valence-corrected chi connectivity index (χ4v) is 3.39. The van der Waals surface area contributed by atoms with Gasteiger partial charge in [0.2, 0.25) is 11.7 Å². The summed E-state index contributed by atoms with van der Waals surface area (Å²) in [6, 6.07) is 3.63. The first-order valence-corrected chi connectivity index (χ1v) is 8.65. The van der Waals surface area contributed by atoms with Gasteiger partial charge in [-0.25, -0.2) is 0 Å². The Hall–Kier alpha value is -2.44. The lowest BCUT2D eigenvalue weighted by Gasteiger charge is -2.37. The topological polar surface area (TPSA) is 85.3 Å². The predicted molar refractivity (Wildman–Crippen MR) is 96.0 cm³/mol. The van der Waals surface area contributed by atoms with Crippen LogP contribution in [0, 0.1) is 5.41 Å². The van der Waals surface area contributed by atoms with Crippen LogP contribution in [0.1, 0.15) is 31.7 Å². The maximum absolute atomic E-state index is 12.6. The van der Waals surface area contributed by atoms with Gasteiger partial charge in [-0.05, 0) is 37.8 Å². The first-order chi connectivity index (χ1) is 12.4. The summed E-state index contributed by atoms with van der Waals surface area (Å²) in [7, 11) is 4.64. The molecule has 0 bridgehead atoms. The Bertz CT molecular complexity index is 674. The Labute approximate surface area is 153 Å². The first-order valence-electron chi connectivity index (χ1n) is 8.65. The van der Waals surface area contributed by atoms with E-state index in [2.05, 4.69) is 0 Å². The minimum Gasteiger partial charge on any atom is -0.493 e. The molecule has 0 aromatic heterocycles. The molecule has 1 aliphatic heterocycles. The molecular weight excluding hydrogens is 338 g/mol. The smallest absolute Gasteiger partial charge is 0.311 e. The largest absolute Gasteiger partial charge is 0.493 e. The average molecular weight is 365 g/mol. The summed E-state index contributed by atoms with van der Waals surface area (Å²) in [5.41, 5.74) is -0.0222. The maximum atomic E-state index is 12.6. The van der Waals surface area contributed by atoms with Crippen molar-refractivity contribution in [1.82, 2.24) is 4.90 Å². The number of rotatable bonds is 7. The van der Waals surface area contributed by atoms with Gasteiger partial charge in [0.25, 0.3) is 0 Å². The van der Waals surface area contributed by atoms with Crippen LogP contribution in [-0.2, 0) is 16.0 Å². The Balaban J connectivity index is 2.09. The summed E-state index contributed by atoms with van der Waals surface area (Å²) in [4.78, 5) is 25.7. The van der Waals surface area contributed by atoms with Gasteiger partial charge in [-0.3, -0.25) is 9.59 Å². The number of hydrogen-bond donors (Lipinski definition) is 1. The number of carbonyl (C=O) groups excluding carboxylic acids is 1. The Morgan fingerprint density at radius 1 is 1.15 bits per heavy atom. The molecule has 0 saturated carbocycles. The molecule has 0 radical (unpaired) electrons. The van der Waals surface area contributed by atoms with Crippen molar-refractivity contribution in [3.63, 3.8) is 0 Å². The number of hydrogen-bond acceptors (Lipinski definition) is 5. The summed E-state index contributed by atoms with van der Waals surface area (Å²) in [6.07, 6.45) is 2.05. The molecule has 1 fully saturated rings. The molecule has 1 aromatic rings. The highest BCUT2D eigenvalue weighted by molar-refractivity contribution is 5.79. The molecule has 26 heavy (non-hydrogen) atoms. The number of carbonyl (C=O) groups is 2. The van der Waals surface area contributed by atoms with Gasteiger partial charge in [-0.1, -0.05) is 6.07 Å². The maximum Gasteiger partial charge on any atom is 0.311 e. The fraction of sp³-hybridized carbons (Fsp3) is 0.579. The van der Waals surface area contributed by atoms with Gasteiger partial charge >= 0.3 is 5.97 Å². The van der Waals surface area contributed by atoms with Gasteiger partial charge in [0, 0.05) is 19.5 Å². The monoisotopic (exact) mass is 365 g/mol. The molecule has 1 saturated heterocycles. The zero-order valence-electron chi connectivity index (χ0n) is 15.8. The third kappa shape index (κ3) is 4.03. The number of carboxylic acid groups (broad SMARTS) is 1. The number of piperidine rings is 1. The van der Waals surface area contributed by atoms with Crippen LogP contribution in [0.3, 0.4) is 0 Å². The Kier molecular flexibility index (Phi) is 6.34. The van der Waals surface area contributed by atoms with Crippen LogP contribution < -0.4 is 14.2 Å². The summed E-state index contributed by atoms with van der Waals surface area (Å²) < 4.78 is 16.1. The zero-order valence-corrected chi connectivity index (χ0v) is 15.8. The van der Waals surface area contributed by atoms with Crippen molar-refractivity contribution in [1.29, 1.82) is 0 Å². The summed E-state index contributed by atoms with van der Waals surface area (Å²) >= 11 is 0. The van der Waals surface area contributed by atoms with Gasteiger partial charge in [-0.2, -0.15) is 0 Å². The van der Waals surface area contributed by atoms with E-state index in [1.54, 1.807) is 32.1 Å². The van der Waals surface area contributed by atoms with E-state index in [1.807, 2.05) is 6.07 Å². The van der Waals surface area contributed by atoms with E-state index in [1.165, 1.54) is 7.11 Å². The van der Waals surface area contributed by atoms with Crippen molar-refractivity contribution in [2.75, 3.05) is 34.4 Å². The number of ether oxygens (including phenoxy) is 3. The SMILES string of the molecule is COc1ccc(CCC(=O)N2CCCC(C)(C(=O)O)C2)c(OC)c1OC. The molecule has 1 unspecified atom stereocenters. The van der Waals surface area contributed by atoms with Gasteiger partial charge < -0.3 is 24.2 Å². The number of benzene rings is 1. The number of carboxylic acids is 1. The third-order valence-electron chi connectivity index (χ3n) is 4.96. The van der Waals surface area contributed by atoms with E-state index in [-0.39, 0.29) is 18.9 Å². The summed E-state index contributed by atoms with van der Waals surface area (Å²) in [6.45, 7) is 2.56. The molecular formula is C19H27NO6. The summed E-state index contributed by atoms with van der Waals surface area (Å²) in [5, 5.41) is 9.40. The molecule has 0 spiro atoms. The first kappa shape index (κ1) is 19.9. The van der Waals surface area contributed by atoms with E-state index in [4.69, 9.17) is 14.2 Å². The predicted octanol–water partition coefficient (Wildman–Crippen LogP) is 2.36. The number of aryl methyl sites for hydroxylation is 1. The number of likely N-dealkylation sites (tertiary alicyclic amines) is 1. The molecule has 7 nitrogen and oxygen atoms in total. The lowest BCUT2D eigenvalue weighted by Crippen LogP contribution is -2.48. The minimum absolute atomic E-state index is 0.0472. The van der Waals surface area contributed by atoms with Gasteiger partial charge in [-0.15, -0.1) is 0 Å². The molecule has 1 aromatic carbocycles. The van der Waals surface area contributed by atoms with Crippen LogP contribution in [0.25, 0.3) is 0 Å². The third-order valence-corrected chi connectivity index (χ3v) is 4.96. The molecule has 0 aliphatic carbocycles. The van der Waals surface area contributed by atoms with Crippen LogP contribution in [0.15, 0.2) is 12.1 Å². The second-order valence-electron chi connectivity index (χ2n) is 6.78. The van der Waals surface area contributed by atoms with Gasteiger partial charge in [0.05, 0.1) is 26.7 Å². The molecule has 1 N–H and O–H groups in total. The van der Waals surface area contributed by atoms with E-state index in [0.29, 0.717) is 43.1 Å². The lowest BCUT2D eigenvalue weighted by atomic mass is 9.82. The average Bonchev–Trinajstić information content (AvgIpc) is 2.64. The van der Waals surface area contributed by atoms with Crippen molar-refractivity contribution in [2.45, 2.75) is 32.6 Å². The van der Waals surface area contributed by atoms with Crippen LogP contribution in [0.5, 0.6) is 17.2 Å². The van der Waals surface area contributed by atoms with Crippen LogP contribution in [0.2, 0.25) is 0 Å². The molecule has 1 heterocycles. The highest BCUT2D eigenvalue weighted by Gasteiger charge is 2.39. The van der Waals surface area contributed by atoms with E-state index >= 15 is 0 Å². The number of aliphatic carboxylic acids is 1. The summed E-state index contributed by atoms with van der Waals surface area (Å²) in [5.74, 6) is 0.711. The quantitative estimate of drug-likeness (QED) is 0.798. The highest BCUT2D eigenvalue weighted by atomic mass is 16.5. The van der Waals surface area contributed by atoms with Gasteiger partial charge in [0.1, 0.15) is 0 Å². The standard InChI is InChI=1S/C19H27NO6/c1-19(18(22)23)10-5-11-20(12-19)15(21)9-7-13-6-8-14(24-2)17(26-4)16(13)25-3/h6,8H,5,7,9-12H2,1-4H3,(H,22,23). The van der Waals surface area contributed by atoms with Crippen molar-refractivity contribution >= 4 is 11.9 Å². The van der Waals surface area contributed by atoms with Crippen molar-refractivity contribution in [3.05, 3.63) is 17.7 Å². The normalized spacial score (nSPS) is 19.8. The van der Waals surface area contributed by atoms with E-state index < -0.39 is 11.4 Å². The zero-order chi connectivity index (χ0) is 19.3. The van der Waals surface area contributed by atoms with Crippen molar-refractivity contribution < 1.29 is 28.9 Å². The van der Waals surface area contributed by atoms with Crippen LogP contribution >= 0.6 is 0 Å². The molecule has 2 rings (SSSR count).